The molecule has 0 aromatic carbocycles. The lowest BCUT2D eigenvalue weighted by atomic mass is 10.4. The van der Waals surface area contributed by atoms with Crippen molar-refractivity contribution in [1.29, 1.82) is 0 Å². The Bertz CT molecular complexity index is 123. The van der Waals surface area contributed by atoms with Gasteiger partial charge in [-0.2, -0.15) is 0 Å². The quantitative estimate of drug-likeness (QED) is 0.542. The summed E-state index contributed by atoms with van der Waals surface area (Å²) in [6.45, 7) is 2.72. The van der Waals surface area contributed by atoms with Gasteiger partial charge in [0.2, 0.25) is 5.91 Å². The van der Waals surface area contributed by atoms with Gasteiger partial charge in [0.1, 0.15) is 0 Å². The standard InChI is InChI=1S/C6H10NO2S/c8-6(5-10)7-1-3-9-4-2-7/h1-5H2. The minimum atomic E-state index is 0.0540. The number of morpholine rings is 1. The van der Waals surface area contributed by atoms with E-state index in [0.717, 1.165) is 0 Å². The third-order valence-electron chi connectivity index (χ3n) is 1.49. The molecule has 0 aliphatic carbocycles. The molecule has 1 heterocycles. The summed E-state index contributed by atoms with van der Waals surface area (Å²) in [5.41, 5.74) is 0. The van der Waals surface area contributed by atoms with E-state index in [4.69, 9.17) is 4.74 Å². The molecule has 57 valence electrons. The highest BCUT2D eigenvalue weighted by atomic mass is 32.1. The summed E-state index contributed by atoms with van der Waals surface area (Å²) in [6.07, 6.45) is 0. The Hall–Kier alpha value is -0.220. The highest BCUT2D eigenvalue weighted by molar-refractivity contribution is 7.81. The van der Waals surface area contributed by atoms with E-state index >= 15 is 0 Å². The van der Waals surface area contributed by atoms with Gasteiger partial charge in [0.15, 0.2) is 0 Å². The van der Waals surface area contributed by atoms with Gasteiger partial charge in [-0.1, -0.05) is 12.6 Å². The average molecular weight is 160 g/mol. The molecule has 1 saturated heterocycles. The molecule has 1 radical (unpaired) electrons. The molecule has 1 aliphatic heterocycles. The summed E-state index contributed by atoms with van der Waals surface area (Å²) < 4.78 is 5.07. The number of hydrogen-bond acceptors (Lipinski definition) is 2. The Morgan fingerprint density at radius 1 is 1.50 bits per heavy atom. The highest BCUT2D eigenvalue weighted by Gasteiger charge is 2.14. The molecule has 4 heteroatoms. The van der Waals surface area contributed by atoms with Crippen molar-refractivity contribution in [2.45, 2.75) is 0 Å². The number of rotatable bonds is 1. The summed E-state index contributed by atoms with van der Waals surface area (Å²) in [7, 11) is 0. The van der Waals surface area contributed by atoms with Crippen molar-refractivity contribution >= 4 is 18.5 Å². The molecule has 0 saturated carbocycles. The van der Waals surface area contributed by atoms with Crippen LogP contribution < -0.4 is 0 Å². The van der Waals surface area contributed by atoms with E-state index in [2.05, 4.69) is 12.6 Å². The van der Waals surface area contributed by atoms with Crippen molar-refractivity contribution in [3.05, 3.63) is 0 Å². The summed E-state index contributed by atoms with van der Waals surface area (Å²) in [5, 5.41) is 0. The fraction of sp³-hybridized carbons (Fsp3) is 0.833. The summed E-state index contributed by atoms with van der Waals surface area (Å²) in [6, 6.07) is 0. The summed E-state index contributed by atoms with van der Waals surface area (Å²) >= 11 is 4.62. The SMILES string of the molecule is O=C(C[S])N1CCOCC1. The highest BCUT2D eigenvalue weighted by Crippen LogP contribution is 1.97. The molecule has 0 spiro atoms. The molecular formula is C6H10NO2S. The van der Waals surface area contributed by atoms with Crippen LogP contribution in [-0.2, 0) is 9.53 Å². The second-order valence-corrected chi connectivity index (χ2v) is 2.43. The maximum atomic E-state index is 10.9. The molecule has 0 aromatic heterocycles. The molecule has 0 bridgehead atoms. The fourth-order valence-electron chi connectivity index (χ4n) is 0.904. The maximum Gasteiger partial charge on any atom is 0.233 e. The third-order valence-corrected chi connectivity index (χ3v) is 1.73. The molecule has 0 N–H and O–H groups in total. The summed E-state index contributed by atoms with van der Waals surface area (Å²) in [4.78, 5) is 12.7. The summed E-state index contributed by atoms with van der Waals surface area (Å²) in [5.74, 6) is 0.248. The number of carbonyl (C=O) groups is 1. The zero-order chi connectivity index (χ0) is 7.40. The Morgan fingerprint density at radius 2 is 2.10 bits per heavy atom. The number of amides is 1. The topological polar surface area (TPSA) is 29.5 Å². The van der Waals surface area contributed by atoms with Crippen LogP contribution >= 0.6 is 12.6 Å². The molecular weight excluding hydrogens is 150 g/mol. The van der Waals surface area contributed by atoms with Crippen molar-refractivity contribution in [2.24, 2.45) is 0 Å². The van der Waals surface area contributed by atoms with Crippen LogP contribution in [-0.4, -0.2) is 42.9 Å². The van der Waals surface area contributed by atoms with Crippen LogP contribution in [0.15, 0.2) is 0 Å². The Balaban J connectivity index is 2.31. The second kappa shape index (κ2) is 3.83. The predicted octanol–water partition coefficient (Wildman–Crippen LogP) is 0.0427. The van der Waals surface area contributed by atoms with Gasteiger partial charge in [0.25, 0.3) is 0 Å². The van der Waals surface area contributed by atoms with Gasteiger partial charge >= 0.3 is 0 Å². The van der Waals surface area contributed by atoms with Gasteiger partial charge in [-0.15, -0.1) is 0 Å². The number of nitrogens with zero attached hydrogens (tertiary/aromatic N) is 1. The second-order valence-electron chi connectivity index (χ2n) is 2.14. The van der Waals surface area contributed by atoms with Crippen LogP contribution in [0, 0.1) is 0 Å². The first-order valence-electron chi connectivity index (χ1n) is 3.28. The maximum absolute atomic E-state index is 10.9. The van der Waals surface area contributed by atoms with E-state index < -0.39 is 0 Å². The van der Waals surface area contributed by atoms with Gasteiger partial charge in [-0.05, 0) is 0 Å². The van der Waals surface area contributed by atoms with Crippen LogP contribution in [0.5, 0.6) is 0 Å². The van der Waals surface area contributed by atoms with E-state index in [1.165, 1.54) is 0 Å². The molecule has 0 unspecified atom stereocenters. The van der Waals surface area contributed by atoms with E-state index in [0.29, 0.717) is 26.3 Å². The van der Waals surface area contributed by atoms with Crippen LogP contribution in [0.25, 0.3) is 0 Å². The first kappa shape index (κ1) is 7.88. The van der Waals surface area contributed by atoms with Crippen molar-refractivity contribution < 1.29 is 9.53 Å². The fourth-order valence-corrected chi connectivity index (χ4v) is 1.09. The lowest BCUT2D eigenvalue weighted by Gasteiger charge is -2.25. The third kappa shape index (κ3) is 1.88. The largest absolute Gasteiger partial charge is 0.378 e. The molecule has 10 heavy (non-hydrogen) atoms. The van der Waals surface area contributed by atoms with Crippen molar-refractivity contribution in [1.82, 2.24) is 4.90 Å². The molecule has 3 nitrogen and oxygen atoms in total. The first-order valence-corrected chi connectivity index (χ1v) is 3.86. The Labute approximate surface area is 65.7 Å². The van der Waals surface area contributed by atoms with Gasteiger partial charge in [-0.3, -0.25) is 4.79 Å². The van der Waals surface area contributed by atoms with Crippen LogP contribution in [0.4, 0.5) is 0 Å². The number of hydrogen-bond donors (Lipinski definition) is 0. The first-order chi connectivity index (χ1) is 4.84. The minimum absolute atomic E-state index is 0.0540. The Morgan fingerprint density at radius 3 is 2.60 bits per heavy atom. The zero-order valence-electron chi connectivity index (χ0n) is 5.71. The zero-order valence-corrected chi connectivity index (χ0v) is 6.52. The van der Waals surface area contributed by atoms with Crippen LogP contribution in [0.1, 0.15) is 0 Å². The number of carbonyl (C=O) groups excluding carboxylic acids is 1. The molecule has 1 aliphatic rings. The van der Waals surface area contributed by atoms with Crippen LogP contribution in [0.3, 0.4) is 0 Å². The molecule has 1 fully saturated rings. The van der Waals surface area contributed by atoms with E-state index in [-0.39, 0.29) is 11.7 Å². The lowest BCUT2D eigenvalue weighted by Crippen LogP contribution is -2.41. The molecule has 0 aromatic rings. The van der Waals surface area contributed by atoms with Crippen molar-refractivity contribution in [2.75, 3.05) is 32.1 Å². The van der Waals surface area contributed by atoms with Crippen molar-refractivity contribution in [3.63, 3.8) is 0 Å². The monoisotopic (exact) mass is 160 g/mol. The lowest BCUT2D eigenvalue weighted by molar-refractivity contribution is -0.132. The van der Waals surface area contributed by atoms with Crippen LogP contribution in [0.2, 0.25) is 0 Å². The molecule has 1 amide bonds. The van der Waals surface area contributed by atoms with Gasteiger partial charge in [-0.25, -0.2) is 0 Å². The number of ether oxygens (including phenoxy) is 1. The van der Waals surface area contributed by atoms with Crippen molar-refractivity contribution in [3.8, 4) is 0 Å². The van der Waals surface area contributed by atoms with Gasteiger partial charge in [0, 0.05) is 13.1 Å². The van der Waals surface area contributed by atoms with E-state index in [9.17, 15) is 4.79 Å². The normalized spacial score (nSPS) is 19.1. The molecule has 0 atom stereocenters. The minimum Gasteiger partial charge on any atom is -0.378 e. The predicted molar refractivity (Wildman–Crippen MR) is 39.9 cm³/mol. The smallest absolute Gasteiger partial charge is 0.233 e. The van der Waals surface area contributed by atoms with E-state index in [1.807, 2.05) is 0 Å². The van der Waals surface area contributed by atoms with Gasteiger partial charge < -0.3 is 9.64 Å². The van der Waals surface area contributed by atoms with Gasteiger partial charge in [0.05, 0.1) is 19.0 Å². The average Bonchev–Trinajstić information content (AvgIpc) is 2.05. The Kier molecular flexibility index (Phi) is 3.02. The molecule has 1 rings (SSSR count). The van der Waals surface area contributed by atoms with E-state index in [1.54, 1.807) is 4.90 Å².